The van der Waals surface area contributed by atoms with E-state index in [-0.39, 0.29) is 18.2 Å². The van der Waals surface area contributed by atoms with Crippen molar-refractivity contribution >= 4 is 0 Å². The first-order valence-electron chi connectivity index (χ1n) is 5.50. The van der Waals surface area contributed by atoms with Gasteiger partial charge in [0, 0.05) is 18.3 Å². The largest absolute Gasteiger partial charge is 0.438 e. The maximum atomic E-state index is 12.8. The third-order valence-electron chi connectivity index (χ3n) is 2.47. The summed E-state index contributed by atoms with van der Waals surface area (Å²) in [7, 11) is 0. The molecule has 6 heteroatoms. The van der Waals surface area contributed by atoms with E-state index >= 15 is 0 Å². The van der Waals surface area contributed by atoms with Crippen LogP contribution >= 0.6 is 0 Å². The van der Waals surface area contributed by atoms with Crippen molar-refractivity contribution in [1.82, 2.24) is 4.98 Å². The summed E-state index contributed by atoms with van der Waals surface area (Å²) in [5.41, 5.74) is 5.18. The second-order valence-corrected chi connectivity index (χ2v) is 3.77. The van der Waals surface area contributed by atoms with Gasteiger partial charge in [-0.1, -0.05) is 18.2 Å². The highest BCUT2D eigenvalue weighted by atomic mass is 19.4. The molecular weight excluding hydrogens is 257 g/mol. The SMILES string of the molecule is NCc1cccnc1Oc1ccccc1C(F)(F)F. The minimum absolute atomic E-state index is 0.0849. The molecule has 2 aromatic rings. The monoisotopic (exact) mass is 268 g/mol. The Kier molecular flexibility index (Phi) is 3.71. The lowest BCUT2D eigenvalue weighted by molar-refractivity contribution is -0.138. The van der Waals surface area contributed by atoms with E-state index in [1.54, 1.807) is 12.1 Å². The average Bonchev–Trinajstić information content (AvgIpc) is 2.39. The molecule has 1 aromatic carbocycles. The van der Waals surface area contributed by atoms with E-state index in [0.717, 1.165) is 6.07 Å². The van der Waals surface area contributed by atoms with Gasteiger partial charge >= 0.3 is 6.18 Å². The average molecular weight is 268 g/mol. The number of alkyl halides is 3. The molecule has 0 saturated heterocycles. The van der Waals surface area contributed by atoms with Crippen molar-refractivity contribution in [3.63, 3.8) is 0 Å². The smallest absolute Gasteiger partial charge is 0.419 e. The number of hydrogen-bond acceptors (Lipinski definition) is 3. The molecule has 0 aliphatic carbocycles. The lowest BCUT2D eigenvalue weighted by Crippen LogP contribution is -2.08. The minimum atomic E-state index is -4.48. The molecule has 3 nitrogen and oxygen atoms in total. The van der Waals surface area contributed by atoms with Crippen molar-refractivity contribution in [2.75, 3.05) is 0 Å². The highest BCUT2D eigenvalue weighted by Gasteiger charge is 2.34. The number of para-hydroxylation sites is 1. The molecule has 0 bridgehead atoms. The van der Waals surface area contributed by atoms with Gasteiger partial charge in [0.15, 0.2) is 0 Å². The third kappa shape index (κ3) is 3.03. The molecule has 0 spiro atoms. The first kappa shape index (κ1) is 13.4. The number of rotatable bonds is 3. The van der Waals surface area contributed by atoms with Crippen molar-refractivity contribution in [3.8, 4) is 11.6 Å². The van der Waals surface area contributed by atoms with Gasteiger partial charge in [0.05, 0.1) is 5.56 Å². The molecule has 2 rings (SSSR count). The number of pyridine rings is 1. The van der Waals surface area contributed by atoms with Gasteiger partial charge in [0.1, 0.15) is 5.75 Å². The Morgan fingerprint density at radius 2 is 1.84 bits per heavy atom. The van der Waals surface area contributed by atoms with Crippen LogP contribution in [0.5, 0.6) is 11.6 Å². The van der Waals surface area contributed by atoms with Gasteiger partial charge in [-0.3, -0.25) is 0 Å². The van der Waals surface area contributed by atoms with Crippen LogP contribution in [-0.4, -0.2) is 4.98 Å². The number of nitrogens with zero attached hydrogens (tertiary/aromatic N) is 1. The van der Waals surface area contributed by atoms with Gasteiger partial charge in [-0.25, -0.2) is 4.98 Å². The van der Waals surface area contributed by atoms with E-state index < -0.39 is 11.7 Å². The lowest BCUT2D eigenvalue weighted by Gasteiger charge is -2.14. The zero-order valence-electron chi connectivity index (χ0n) is 9.82. The second kappa shape index (κ2) is 5.27. The molecule has 19 heavy (non-hydrogen) atoms. The fourth-order valence-corrected chi connectivity index (χ4v) is 1.57. The molecule has 0 aliphatic rings. The Labute approximate surface area is 107 Å². The van der Waals surface area contributed by atoms with Crippen LogP contribution in [0.4, 0.5) is 13.2 Å². The maximum Gasteiger partial charge on any atom is 0.419 e. The molecule has 1 aromatic heterocycles. The summed E-state index contributed by atoms with van der Waals surface area (Å²) >= 11 is 0. The van der Waals surface area contributed by atoms with Crippen molar-refractivity contribution in [2.45, 2.75) is 12.7 Å². The van der Waals surface area contributed by atoms with Gasteiger partial charge in [-0.15, -0.1) is 0 Å². The van der Waals surface area contributed by atoms with Gasteiger partial charge in [-0.05, 0) is 18.2 Å². The number of hydrogen-bond donors (Lipinski definition) is 1. The zero-order valence-corrected chi connectivity index (χ0v) is 9.82. The first-order chi connectivity index (χ1) is 9.02. The topological polar surface area (TPSA) is 48.1 Å². The quantitative estimate of drug-likeness (QED) is 0.928. The molecule has 0 fully saturated rings. The highest BCUT2D eigenvalue weighted by Crippen LogP contribution is 2.37. The summed E-state index contributed by atoms with van der Waals surface area (Å²) in [5, 5.41) is 0. The Hall–Kier alpha value is -2.08. The Bertz CT molecular complexity index is 570. The fraction of sp³-hybridized carbons (Fsp3) is 0.154. The molecule has 0 atom stereocenters. The van der Waals surface area contributed by atoms with E-state index in [2.05, 4.69) is 4.98 Å². The predicted molar refractivity (Wildman–Crippen MR) is 63.6 cm³/mol. The van der Waals surface area contributed by atoms with E-state index in [4.69, 9.17) is 10.5 Å². The molecule has 100 valence electrons. The van der Waals surface area contributed by atoms with Crippen LogP contribution in [-0.2, 0) is 12.7 Å². The fourth-order valence-electron chi connectivity index (χ4n) is 1.57. The van der Waals surface area contributed by atoms with Crippen LogP contribution in [0.1, 0.15) is 11.1 Å². The van der Waals surface area contributed by atoms with Crippen molar-refractivity contribution < 1.29 is 17.9 Å². The summed E-state index contributed by atoms with van der Waals surface area (Å²) in [6.07, 6.45) is -3.04. The Morgan fingerprint density at radius 3 is 2.53 bits per heavy atom. The summed E-state index contributed by atoms with van der Waals surface area (Å²) in [6.45, 7) is 0.136. The van der Waals surface area contributed by atoms with Crippen LogP contribution in [0.25, 0.3) is 0 Å². The van der Waals surface area contributed by atoms with Gasteiger partial charge < -0.3 is 10.5 Å². The Balaban J connectivity index is 2.39. The molecule has 0 saturated carbocycles. The first-order valence-corrected chi connectivity index (χ1v) is 5.50. The van der Waals surface area contributed by atoms with E-state index in [1.165, 1.54) is 24.4 Å². The molecule has 0 radical (unpaired) electrons. The van der Waals surface area contributed by atoms with E-state index in [1.807, 2.05) is 0 Å². The summed E-state index contributed by atoms with van der Waals surface area (Å²) in [4.78, 5) is 3.90. The summed E-state index contributed by atoms with van der Waals surface area (Å²) < 4.78 is 43.7. The number of nitrogens with two attached hydrogens (primary N) is 1. The van der Waals surface area contributed by atoms with Crippen molar-refractivity contribution in [1.29, 1.82) is 0 Å². The van der Waals surface area contributed by atoms with Crippen LogP contribution in [0.3, 0.4) is 0 Å². The number of benzene rings is 1. The van der Waals surface area contributed by atoms with Crippen LogP contribution in [0.15, 0.2) is 42.6 Å². The molecule has 1 heterocycles. The van der Waals surface area contributed by atoms with E-state index in [9.17, 15) is 13.2 Å². The van der Waals surface area contributed by atoms with Gasteiger partial charge in [0.2, 0.25) is 5.88 Å². The maximum absolute atomic E-state index is 12.8. The normalized spacial score (nSPS) is 11.4. The molecule has 2 N–H and O–H groups in total. The molecule has 0 amide bonds. The third-order valence-corrected chi connectivity index (χ3v) is 2.47. The number of halogens is 3. The van der Waals surface area contributed by atoms with Crippen LogP contribution in [0.2, 0.25) is 0 Å². The van der Waals surface area contributed by atoms with E-state index in [0.29, 0.717) is 5.56 Å². The molecular formula is C13H11F3N2O. The summed E-state index contributed by atoms with van der Waals surface area (Å²) in [6, 6.07) is 8.27. The van der Waals surface area contributed by atoms with Crippen LogP contribution in [0, 0.1) is 0 Å². The Morgan fingerprint density at radius 1 is 1.11 bits per heavy atom. The zero-order chi connectivity index (χ0) is 13.9. The molecule has 0 aliphatic heterocycles. The number of ether oxygens (including phenoxy) is 1. The highest BCUT2D eigenvalue weighted by molar-refractivity contribution is 5.39. The van der Waals surface area contributed by atoms with Crippen molar-refractivity contribution in [3.05, 3.63) is 53.7 Å². The van der Waals surface area contributed by atoms with Gasteiger partial charge in [0.25, 0.3) is 0 Å². The standard InChI is InChI=1S/C13H11F3N2O/c14-13(15,16)10-5-1-2-6-11(10)19-12-9(8-17)4-3-7-18-12/h1-7H,8,17H2. The minimum Gasteiger partial charge on any atom is -0.438 e. The van der Waals surface area contributed by atoms with Crippen molar-refractivity contribution in [2.24, 2.45) is 5.73 Å². The predicted octanol–water partition coefficient (Wildman–Crippen LogP) is 3.35. The second-order valence-electron chi connectivity index (χ2n) is 3.77. The summed E-state index contributed by atoms with van der Waals surface area (Å²) in [5.74, 6) is -0.204. The number of aromatic nitrogens is 1. The van der Waals surface area contributed by atoms with Crippen LogP contribution < -0.4 is 10.5 Å². The molecule has 0 unspecified atom stereocenters. The lowest BCUT2D eigenvalue weighted by atomic mass is 10.2. The van der Waals surface area contributed by atoms with Gasteiger partial charge in [-0.2, -0.15) is 13.2 Å².